The van der Waals surface area contributed by atoms with E-state index < -0.39 is 0 Å². The lowest BCUT2D eigenvalue weighted by Crippen LogP contribution is -2.45. The highest BCUT2D eigenvalue weighted by Crippen LogP contribution is 2.18. The fraction of sp³-hybridized carbons (Fsp3) is 0.438. The van der Waals surface area contributed by atoms with Crippen molar-refractivity contribution in [3.05, 3.63) is 36.0 Å². The Balaban J connectivity index is 1.55. The van der Waals surface area contributed by atoms with Crippen LogP contribution in [0.5, 0.6) is 0 Å². The Morgan fingerprint density at radius 3 is 2.85 bits per heavy atom. The maximum absolute atomic E-state index is 12.0. The maximum atomic E-state index is 12.0. The van der Waals surface area contributed by atoms with E-state index in [1.807, 2.05) is 30.5 Å². The molecule has 1 aromatic carbocycles. The average molecular weight is 271 g/mol. The molecular formula is C16H21N3O. The zero-order valence-electron chi connectivity index (χ0n) is 11.6. The van der Waals surface area contributed by atoms with Gasteiger partial charge in [0, 0.05) is 23.1 Å². The summed E-state index contributed by atoms with van der Waals surface area (Å²) < 4.78 is 0. The Bertz CT molecular complexity index is 584. The summed E-state index contributed by atoms with van der Waals surface area (Å²) in [4.78, 5) is 15.2. The van der Waals surface area contributed by atoms with E-state index in [9.17, 15) is 4.79 Å². The second-order valence-corrected chi connectivity index (χ2v) is 5.56. The standard InChI is InChI=1S/C16H21N3O/c20-16(19-18-13-6-2-1-3-7-13)10-12-11-17-15-9-5-4-8-14(12)15/h4-5,8-9,11,13,17-18H,1-3,6-7,10H2,(H,19,20). The summed E-state index contributed by atoms with van der Waals surface area (Å²) in [6.45, 7) is 0. The van der Waals surface area contributed by atoms with E-state index in [0.717, 1.165) is 29.3 Å². The number of hydrazine groups is 1. The van der Waals surface area contributed by atoms with Gasteiger partial charge < -0.3 is 4.98 Å². The summed E-state index contributed by atoms with van der Waals surface area (Å²) in [7, 11) is 0. The van der Waals surface area contributed by atoms with Gasteiger partial charge >= 0.3 is 0 Å². The second kappa shape index (κ2) is 6.09. The van der Waals surface area contributed by atoms with Crippen molar-refractivity contribution < 1.29 is 4.79 Å². The lowest BCUT2D eigenvalue weighted by atomic mass is 9.96. The number of carbonyl (C=O) groups is 1. The molecule has 1 aliphatic rings. The van der Waals surface area contributed by atoms with E-state index in [1.54, 1.807) is 0 Å². The summed E-state index contributed by atoms with van der Waals surface area (Å²) in [5.74, 6) is 0.0281. The molecule has 1 amide bonds. The molecule has 1 aromatic heterocycles. The molecule has 2 aromatic rings. The number of amides is 1. The SMILES string of the molecule is O=C(Cc1c[nH]c2ccccc12)NNC1CCCCC1. The van der Waals surface area contributed by atoms with Gasteiger partial charge in [0.15, 0.2) is 0 Å². The fourth-order valence-corrected chi connectivity index (χ4v) is 2.92. The van der Waals surface area contributed by atoms with E-state index in [0.29, 0.717) is 12.5 Å². The molecule has 1 saturated carbocycles. The van der Waals surface area contributed by atoms with Crippen LogP contribution in [0, 0.1) is 0 Å². The minimum Gasteiger partial charge on any atom is -0.361 e. The highest BCUT2D eigenvalue weighted by atomic mass is 16.2. The summed E-state index contributed by atoms with van der Waals surface area (Å²) >= 11 is 0. The number of hydrogen-bond acceptors (Lipinski definition) is 2. The van der Waals surface area contributed by atoms with Crippen molar-refractivity contribution in [2.45, 2.75) is 44.6 Å². The molecule has 0 spiro atoms. The molecule has 0 unspecified atom stereocenters. The molecule has 3 rings (SSSR count). The Kier molecular flexibility index (Phi) is 4.02. The Morgan fingerprint density at radius 2 is 2.00 bits per heavy atom. The molecule has 0 saturated heterocycles. The lowest BCUT2D eigenvalue weighted by Gasteiger charge is -2.22. The highest BCUT2D eigenvalue weighted by molar-refractivity contribution is 5.88. The van der Waals surface area contributed by atoms with Gasteiger partial charge in [0.05, 0.1) is 6.42 Å². The zero-order valence-corrected chi connectivity index (χ0v) is 11.6. The second-order valence-electron chi connectivity index (χ2n) is 5.56. The topological polar surface area (TPSA) is 56.9 Å². The van der Waals surface area contributed by atoms with Gasteiger partial charge in [0.1, 0.15) is 0 Å². The molecule has 4 heteroatoms. The van der Waals surface area contributed by atoms with Gasteiger partial charge in [-0.1, -0.05) is 37.5 Å². The van der Waals surface area contributed by atoms with Gasteiger partial charge in [-0.15, -0.1) is 0 Å². The predicted octanol–water partition coefficient (Wildman–Crippen LogP) is 2.66. The van der Waals surface area contributed by atoms with Gasteiger partial charge in [-0.2, -0.15) is 0 Å². The third kappa shape index (κ3) is 3.02. The fourth-order valence-electron chi connectivity index (χ4n) is 2.92. The van der Waals surface area contributed by atoms with E-state index in [1.165, 1.54) is 19.3 Å². The quantitative estimate of drug-likeness (QED) is 0.749. The monoisotopic (exact) mass is 271 g/mol. The van der Waals surface area contributed by atoms with Gasteiger partial charge in [-0.25, -0.2) is 5.43 Å². The third-order valence-corrected chi connectivity index (χ3v) is 4.05. The molecule has 4 nitrogen and oxygen atoms in total. The molecule has 20 heavy (non-hydrogen) atoms. The van der Waals surface area contributed by atoms with E-state index in [-0.39, 0.29) is 5.91 Å². The molecule has 0 aliphatic heterocycles. The van der Waals surface area contributed by atoms with Gasteiger partial charge in [-0.3, -0.25) is 10.2 Å². The van der Waals surface area contributed by atoms with E-state index in [2.05, 4.69) is 15.8 Å². The average Bonchev–Trinajstić information content (AvgIpc) is 2.90. The molecule has 1 aliphatic carbocycles. The van der Waals surface area contributed by atoms with Crippen LogP contribution in [-0.2, 0) is 11.2 Å². The van der Waals surface area contributed by atoms with Crippen LogP contribution in [0.2, 0.25) is 0 Å². The normalized spacial score (nSPS) is 16.4. The number of carbonyl (C=O) groups excluding carboxylic acids is 1. The van der Waals surface area contributed by atoms with Crippen molar-refractivity contribution in [2.24, 2.45) is 0 Å². The van der Waals surface area contributed by atoms with E-state index >= 15 is 0 Å². The van der Waals surface area contributed by atoms with Crippen LogP contribution in [0.4, 0.5) is 0 Å². The van der Waals surface area contributed by atoms with Crippen LogP contribution >= 0.6 is 0 Å². The van der Waals surface area contributed by atoms with Gasteiger partial charge in [0.2, 0.25) is 5.91 Å². The van der Waals surface area contributed by atoms with Crippen LogP contribution in [0.1, 0.15) is 37.7 Å². The summed E-state index contributed by atoms with van der Waals surface area (Å²) in [5, 5.41) is 1.13. The first kappa shape index (κ1) is 13.2. The minimum atomic E-state index is 0.0281. The Morgan fingerprint density at radius 1 is 1.20 bits per heavy atom. The molecule has 0 bridgehead atoms. The Labute approximate surface area is 118 Å². The van der Waals surface area contributed by atoms with E-state index in [4.69, 9.17) is 0 Å². The predicted molar refractivity (Wildman–Crippen MR) is 80.2 cm³/mol. The molecule has 0 atom stereocenters. The zero-order chi connectivity index (χ0) is 13.8. The molecule has 1 fully saturated rings. The first-order valence-electron chi connectivity index (χ1n) is 7.42. The number of aromatic amines is 1. The smallest absolute Gasteiger partial charge is 0.238 e. The first-order chi connectivity index (χ1) is 9.83. The number of nitrogens with one attached hydrogen (secondary N) is 3. The molecule has 3 N–H and O–H groups in total. The molecule has 1 heterocycles. The number of rotatable bonds is 4. The molecular weight excluding hydrogens is 250 g/mol. The third-order valence-electron chi connectivity index (χ3n) is 4.05. The van der Waals surface area contributed by atoms with Crippen molar-refractivity contribution in [3.63, 3.8) is 0 Å². The lowest BCUT2D eigenvalue weighted by molar-refractivity contribution is -0.121. The van der Waals surface area contributed by atoms with Crippen LogP contribution in [-0.4, -0.2) is 16.9 Å². The highest BCUT2D eigenvalue weighted by Gasteiger charge is 2.14. The number of aromatic nitrogens is 1. The Hall–Kier alpha value is -1.81. The molecule has 106 valence electrons. The van der Waals surface area contributed by atoms with Crippen molar-refractivity contribution in [2.75, 3.05) is 0 Å². The van der Waals surface area contributed by atoms with Crippen molar-refractivity contribution >= 4 is 16.8 Å². The number of fused-ring (bicyclic) bond motifs is 1. The number of benzene rings is 1. The minimum absolute atomic E-state index is 0.0281. The number of para-hydroxylation sites is 1. The van der Waals surface area contributed by atoms with Crippen LogP contribution in [0.3, 0.4) is 0 Å². The maximum Gasteiger partial charge on any atom is 0.238 e. The summed E-state index contributed by atoms with van der Waals surface area (Å²) in [5.41, 5.74) is 8.15. The number of hydrogen-bond donors (Lipinski definition) is 3. The summed E-state index contributed by atoms with van der Waals surface area (Å²) in [6.07, 6.45) is 8.49. The van der Waals surface area contributed by atoms with Gasteiger partial charge in [0.25, 0.3) is 0 Å². The van der Waals surface area contributed by atoms with Crippen molar-refractivity contribution in [1.82, 2.24) is 15.8 Å². The largest absolute Gasteiger partial charge is 0.361 e. The summed E-state index contributed by atoms with van der Waals surface area (Å²) in [6, 6.07) is 8.50. The van der Waals surface area contributed by atoms with Crippen LogP contribution < -0.4 is 10.9 Å². The van der Waals surface area contributed by atoms with Crippen molar-refractivity contribution in [1.29, 1.82) is 0 Å². The van der Waals surface area contributed by atoms with Crippen LogP contribution in [0.25, 0.3) is 10.9 Å². The first-order valence-corrected chi connectivity index (χ1v) is 7.42. The van der Waals surface area contributed by atoms with Gasteiger partial charge in [-0.05, 0) is 24.5 Å². The molecule has 0 radical (unpaired) electrons. The number of H-pyrrole nitrogens is 1. The van der Waals surface area contributed by atoms with Crippen LogP contribution in [0.15, 0.2) is 30.5 Å². The van der Waals surface area contributed by atoms with Crippen molar-refractivity contribution in [3.8, 4) is 0 Å².